The van der Waals surface area contributed by atoms with E-state index in [-0.39, 0.29) is 0 Å². The standard InChI is InChI=1S/C10H20N2/c1-9(2)7-5-4-6-8-12-10(3)11/h4-5,9H,6-8H2,1-3H3,(H2,11,12)/b5-4-. The molecule has 0 aliphatic heterocycles. The first-order chi connectivity index (χ1) is 5.63. The van der Waals surface area contributed by atoms with E-state index in [0.717, 1.165) is 25.3 Å². The molecule has 2 N–H and O–H groups in total. The molecule has 70 valence electrons. The lowest BCUT2D eigenvalue weighted by Gasteiger charge is -1.96. The molecule has 0 aliphatic carbocycles. The highest BCUT2D eigenvalue weighted by molar-refractivity contribution is 5.77. The second-order valence-electron chi connectivity index (χ2n) is 3.41. The molecule has 12 heavy (non-hydrogen) atoms. The van der Waals surface area contributed by atoms with Gasteiger partial charge in [0.15, 0.2) is 0 Å². The maximum atomic E-state index is 5.38. The lowest BCUT2D eigenvalue weighted by molar-refractivity contribution is 0.662. The molecule has 0 spiro atoms. The van der Waals surface area contributed by atoms with E-state index in [1.54, 1.807) is 0 Å². The van der Waals surface area contributed by atoms with Crippen LogP contribution < -0.4 is 5.73 Å². The number of hydrogen-bond donors (Lipinski definition) is 1. The van der Waals surface area contributed by atoms with Crippen LogP contribution in [0.4, 0.5) is 0 Å². The molecule has 0 aliphatic rings. The molecule has 2 heteroatoms. The Morgan fingerprint density at radius 3 is 2.58 bits per heavy atom. The highest BCUT2D eigenvalue weighted by Gasteiger charge is 1.86. The highest BCUT2D eigenvalue weighted by Crippen LogP contribution is 2.00. The van der Waals surface area contributed by atoms with Crippen molar-refractivity contribution in [3.63, 3.8) is 0 Å². The Bertz CT molecular complexity index is 153. The van der Waals surface area contributed by atoms with E-state index >= 15 is 0 Å². The molecule has 2 nitrogen and oxygen atoms in total. The van der Waals surface area contributed by atoms with Crippen molar-refractivity contribution in [3.8, 4) is 0 Å². The third kappa shape index (κ3) is 9.21. The molecule has 0 radical (unpaired) electrons. The molecule has 0 amide bonds. The lowest BCUT2D eigenvalue weighted by atomic mass is 10.1. The number of nitrogens with zero attached hydrogens (tertiary/aromatic N) is 1. The summed E-state index contributed by atoms with van der Waals surface area (Å²) in [5.41, 5.74) is 5.38. The summed E-state index contributed by atoms with van der Waals surface area (Å²) in [6.07, 6.45) is 6.55. The first-order valence-corrected chi connectivity index (χ1v) is 4.54. The summed E-state index contributed by atoms with van der Waals surface area (Å²) < 4.78 is 0. The van der Waals surface area contributed by atoms with Crippen LogP contribution in [0.25, 0.3) is 0 Å². The summed E-state index contributed by atoms with van der Waals surface area (Å²) in [5, 5.41) is 0. The van der Waals surface area contributed by atoms with Crippen LogP contribution in [0.2, 0.25) is 0 Å². The summed E-state index contributed by atoms with van der Waals surface area (Å²) >= 11 is 0. The summed E-state index contributed by atoms with van der Waals surface area (Å²) in [6, 6.07) is 0. The molecule has 0 bridgehead atoms. The van der Waals surface area contributed by atoms with Crippen LogP contribution in [-0.2, 0) is 0 Å². The van der Waals surface area contributed by atoms with Crippen LogP contribution in [0, 0.1) is 5.92 Å². The van der Waals surface area contributed by atoms with Crippen molar-refractivity contribution in [2.75, 3.05) is 6.54 Å². The molecule has 0 saturated heterocycles. The van der Waals surface area contributed by atoms with Crippen LogP contribution in [0.5, 0.6) is 0 Å². The van der Waals surface area contributed by atoms with Gasteiger partial charge in [0, 0.05) is 6.54 Å². The molecule has 0 saturated carbocycles. The summed E-state index contributed by atoms with van der Waals surface area (Å²) in [4.78, 5) is 4.08. The first kappa shape index (κ1) is 11.2. The smallest absolute Gasteiger partial charge is 0.0905 e. The van der Waals surface area contributed by atoms with Gasteiger partial charge in [0.1, 0.15) is 0 Å². The minimum atomic E-state index is 0.673. The molecule has 0 unspecified atom stereocenters. The maximum Gasteiger partial charge on any atom is 0.0905 e. The van der Waals surface area contributed by atoms with Gasteiger partial charge in [0.2, 0.25) is 0 Å². The quantitative estimate of drug-likeness (QED) is 0.291. The van der Waals surface area contributed by atoms with Crippen molar-refractivity contribution in [1.82, 2.24) is 0 Å². The zero-order chi connectivity index (χ0) is 9.40. The molecule has 0 fully saturated rings. The van der Waals surface area contributed by atoms with E-state index in [0.29, 0.717) is 5.84 Å². The van der Waals surface area contributed by atoms with Gasteiger partial charge in [0.25, 0.3) is 0 Å². The average molecular weight is 168 g/mol. The topological polar surface area (TPSA) is 38.4 Å². The molecule has 0 aromatic carbocycles. The van der Waals surface area contributed by atoms with Gasteiger partial charge in [-0.3, -0.25) is 4.99 Å². The number of allylic oxidation sites excluding steroid dienone is 1. The van der Waals surface area contributed by atoms with Crippen molar-refractivity contribution >= 4 is 5.84 Å². The van der Waals surface area contributed by atoms with E-state index in [4.69, 9.17) is 5.73 Å². The van der Waals surface area contributed by atoms with Gasteiger partial charge in [-0.05, 0) is 25.7 Å². The van der Waals surface area contributed by atoms with Crippen LogP contribution in [0.1, 0.15) is 33.6 Å². The Morgan fingerprint density at radius 2 is 2.08 bits per heavy atom. The van der Waals surface area contributed by atoms with Gasteiger partial charge < -0.3 is 5.73 Å². The minimum Gasteiger partial charge on any atom is -0.388 e. The van der Waals surface area contributed by atoms with E-state index < -0.39 is 0 Å². The largest absolute Gasteiger partial charge is 0.388 e. The predicted octanol–water partition coefficient (Wildman–Crippen LogP) is 2.36. The fraction of sp³-hybridized carbons (Fsp3) is 0.700. The van der Waals surface area contributed by atoms with Gasteiger partial charge in [0.05, 0.1) is 5.84 Å². The Hall–Kier alpha value is -0.790. The van der Waals surface area contributed by atoms with Crippen LogP contribution in [0.3, 0.4) is 0 Å². The third-order valence-corrected chi connectivity index (χ3v) is 1.43. The average Bonchev–Trinajstić information content (AvgIpc) is 1.95. The molecule has 0 rings (SSSR count). The van der Waals surface area contributed by atoms with Gasteiger partial charge in [-0.15, -0.1) is 0 Å². The summed E-state index contributed by atoms with van der Waals surface area (Å²) in [6.45, 7) is 7.06. The monoisotopic (exact) mass is 168 g/mol. The summed E-state index contributed by atoms with van der Waals surface area (Å²) in [7, 11) is 0. The highest BCUT2D eigenvalue weighted by atomic mass is 14.8. The molecule has 0 aromatic rings. The van der Waals surface area contributed by atoms with Gasteiger partial charge in [-0.2, -0.15) is 0 Å². The van der Waals surface area contributed by atoms with Crippen LogP contribution >= 0.6 is 0 Å². The number of amidine groups is 1. The van der Waals surface area contributed by atoms with E-state index in [1.165, 1.54) is 0 Å². The maximum absolute atomic E-state index is 5.38. The second kappa shape index (κ2) is 6.89. The van der Waals surface area contributed by atoms with E-state index in [9.17, 15) is 0 Å². The van der Waals surface area contributed by atoms with Crippen molar-refractivity contribution in [2.24, 2.45) is 16.6 Å². The van der Waals surface area contributed by atoms with Crippen molar-refractivity contribution < 1.29 is 0 Å². The molecular weight excluding hydrogens is 148 g/mol. The Kier molecular flexibility index (Phi) is 6.44. The Morgan fingerprint density at radius 1 is 1.42 bits per heavy atom. The first-order valence-electron chi connectivity index (χ1n) is 4.54. The molecule has 0 atom stereocenters. The third-order valence-electron chi connectivity index (χ3n) is 1.43. The fourth-order valence-electron chi connectivity index (χ4n) is 0.802. The number of hydrogen-bond acceptors (Lipinski definition) is 1. The van der Waals surface area contributed by atoms with Gasteiger partial charge >= 0.3 is 0 Å². The SMILES string of the molecule is CC(N)=NCC/C=C\CC(C)C. The number of nitrogens with two attached hydrogens (primary N) is 1. The zero-order valence-corrected chi connectivity index (χ0v) is 8.38. The second-order valence-corrected chi connectivity index (χ2v) is 3.41. The molecular formula is C10H20N2. The predicted molar refractivity (Wildman–Crippen MR) is 55.4 cm³/mol. The lowest BCUT2D eigenvalue weighted by Crippen LogP contribution is -2.05. The minimum absolute atomic E-state index is 0.673. The molecule has 0 heterocycles. The normalized spacial score (nSPS) is 13.2. The van der Waals surface area contributed by atoms with Crippen LogP contribution in [0.15, 0.2) is 17.1 Å². The molecule has 0 aromatic heterocycles. The zero-order valence-electron chi connectivity index (χ0n) is 8.38. The van der Waals surface area contributed by atoms with E-state index in [2.05, 4.69) is 31.0 Å². The van der Waals surface area contributed by atoms with Crippen molar-refractivity contribution in [1.29, 1.82) is 0 Å². The van der Waals surface area contributed by atoms with E-state index in [1.807, 2.05) is 6.92 Å². The van der Waals surface area contributed by atoms with Crippen LogP contribution in [-0.4, -0.2) is 12.4 Å². The number of aliphatic imine (C=N–C) groups is 1. The van der Waals surface area contributed by atoms with Gasteiger partial charge in [-0.1, -0.05) is 26.0 Å². The Labute approximate surface area is 75.6 Å². The Balaban J connectivity index is 3.31. The number of rotatable bonds is 5. The fourth-order valence-corrected chi connectivity index (χ4v) is 0.802. The summed E-state index contributed by atoms with van der Waals surface area (Å²) in [5.74, 6) is 1.42. The van der Waals surface area contributed by atoms with Crippen molar-refractivity contribution in [3.05, 3.63) is 12.2 Å². The van der Waals surface area contributed by atoms with Gasteiger partial charge in [-0.25, -0.2) is 0 Å². The van der Waals surface area contributed by atoms with Crippen molar-refractivity contribution in [2.45, 2.75) is 33.6 Å².